The number of methoxy groups -OCH3 is 1. The molecule has 0 unspecified atom stereocenters. The second kappa shape index (κ2) is 4.86. The van der Waals surface area contributed by atoms with E-state index >= 15 is 0 Å². The van der Waals surface area contributed by atoms with Gasteiger partial charge in [-0.15, -0.1) is 11.3 Å². The van der Waals surface area contributed by atoms with E-state index in [1.54, 1.807) is 6.26 Å². The Kier molecular flexibility index (Phi) is 3.43. The Bertz CT molecular complexity index is 583. The molecule has 2 rings (SSSR count). The molecule has 0 saturated heterocycles. The summed E-state index contributed by atoms with van der Waals surface area (Å²) in [6.45, 7) is 3.97. The highest BCUT2D eigenvalue weighted by molar-refractivity contribution is 7.18. The second-order valence-electron chi connectivity index (χ2n) is 3.93. The maximum Gasteiger partial charge on any atom is 0.350 e. The quantitative estimate of drug-likeness (QED) is 0.865. The lowest BCUT2D eigenvalue weighted by molar-refractivity contribution is 0.0607. The first-order valence-corrected chi connectivity index (χ1v) is 6.45. The van der Waals surface area contributed by atoms with Gasteiger partial charge in [0.2, 0.25) is 0 Å². The van der Waals surface area contributed by atoms with Crippen LogP contribution in [0.4, 0.5) is 5.69 Å². The third kappa shape index (κ3) is 1.90. The normalized spacial score (nSPS) is 10.6. The first-order valence-electron chi connectivity index (χ1n) is 5.64. The maximum atomic E-state index is 11.6. The van der Waals surface area contributed by atoms with Gasteiger partial charge >= 0.3 is 5.97 Å². The second-order valence-corrected chi connectivity index (χ2v) is 4.95. The van der Waals surface area contributed by atoms with Crippen molar-refractivity contribution in [2.45, 2.75) is 20.3 Å². The molecule has 0 radical (unpaired) electrons. The minimum Gasteiger partial charge on any atom is -0.465 e. The SMILES string of the molecule is CCc1c(-c2occc2C)sc(C(=O)OC)c1N. The van der Waals surface area contributed by atoms with E-state index < -0.39 is 5.97 Å². The van der Waals surface area contributed by atoms with Crippen LogP contribution >= 0.6 is 11.3 Å². The molecule has 0 aliphatic rings. The van der Waals surface area contributed by atoms with Gasteiger partial charge in [0.05, 0.1) is 23.9 Å². The highest BCUT2D eigenvalue weighted by Crippen LogP contribution is 2.40. The van der Waals surface area contributed by atoms with Crippen LogP contribution in [0.2, 0.25) is 0 Å². The summed E-state index contributed by atoms with van der Waals surface area (Å²) < 4.78 is 10.2. The van der Waals surface area contributed by atoms with E-state index in [2.05, 4.69) is 0 Å². The van der Waals surface area contributed by atoms with Gasteiger partial charge in [0.15, 0.2) is 0 Å². The van der Waals surface area contributed by atoms with Crippen molar-refractivity contribution < 1.29 is 13.9 Å². The molecule has 0 spiro atoms. The molecule has 0 bridgehead atoms. The molecule has 18 heavy (non-hydrogen) atoms. The fraction of sp³-hybridized carbons (Fsp3) is 0.308. The summed E-state index contributed by atoms with van der Waals surface area (Å²) in [4.78, 5) is 13.0. The molecule has 0 atom stereocenters. The zero-order valence-electron chi connectivity index (χ0n) is 10.6. The molecule has 2 aromatic rings. The van der Waals surface area contributed by atoms with Gasteiger partial charge in [-0.2, -0.15) is 0 Å². The van der Waals surface area contributed by atoms with Gasteiger partial charge in [-0.05, 0) is 30.5 Å². The van der Waals surface area contributed by atoms with Gasteiger partial charge in [0.1, 0.15) is 10.6 Å². The molecule has 2 aromatic heterocycles. The van der Waals surface area contributed by atoms with Gasteiger partial charge in [0, 0.05) is 0 Å². The number of thiophene rings is 1. The third-order valence-electron chi connectivity index (χ3n) is 2.84. The molecule has 2 N–H and O–H groups in total. The van der Waals surface area contributed by atoms with E-state index in [1.807, 2.05) is 19.9 Å². The van der Waals surface area contributed by atoms with Crippen LogP contribution in [0.25, 0.3) is 10.6 Å². The summed E-state index contributed by atoms with van der Waals surface area (Å²) in [7, 11) is 1.35. The summed E-state index contributed by atoms with van der Waals surface area (Å²) in [5, 5.41) is 0. The van der Waals surface area contributed by atoms with Crippen molar-refractivity contribution in [2.75, 3.05) is 12.8 Å². The molecule has 0 amide bonds. The van der Waals surface area contributed by atoms with Crippen LogP contribution in [-0.4, -0.2) is 13.1 Å². The molecule has 2 heterocycles. The number of ether oxygens (including phenoxy) is 1. The van der Waals surface area contributed by atoms with Crippen molar-refractivity contribution >= 4 is 23.0 Å². The maximum absolute atomic E-state index is 11.6. The van der Waals surface area contributed by atoms with Crippen LogP contribution < -0.4 is 5.73 Å². The first kappa shape index (κ1) is 12.7. The van der Waals surface area contributed by atoms with Gasteiger partial charge in [-0.1, -0.05) is 6.92 Å². The Morgan fingerprint density at radius 3 is 2.78 bits per heavy atom. The number of rotatable bonds is 3. The van der Waals surface area contributed by atoms with E-state index in [-0.39, 0.29) is 0 Å². The predicted molar refractivity (Wildman–Crippen MR) is 71.9 cm³/mol. The van der Waals surface area contributed by atoms with Gasteiger partial charge < -0.3 is 14.9 Å². The molecule has 0 aliphatic heterocycles. The number of nitrogen functional groups attached to an aromatic ring is 1. The van der Waals surface area contributed by atoms with Crippen molar-refractivity contribution in [3.8, 4) is 10.6 Å². The summed E-state index contributed by atoms with van der Waals surface area (Å²) >= 11 is 1.32. The third-order valence-corrected chi connectivity index (χ3v) is 4.07. The smallest absolute Gasteiger partial charge is 0.350 e. The predicted octanol–water partition coefficient (Wildman–Crippen LogP) is 3.25. The molecule has 4 nitrogen and oxygen atoms in total. The molecular weight excluding hydrogens is 250 g/mol. The van der Waals surface area contributed by atoms with Gasteiger partial charge in [-0.3, -0.25) is 0 Å². The number of carbonyl (C=O) groups excluding carboxylic acids is 1. The van der Waals surface area contributed by atoms with Gasteiger partial charge in [-0.25, -0.2) is 4.79 Å². The lowest BCUT2D eigenvalue weighted by Gasteiger charge is -2.00. The number of anilines is 1. The minimum atomic E-state index is -0.400. The topological polar surface area (TPSA) is 65.5 Å². The van der Waals surface area contributed by atoms with Crippen LogP contribution in [-0.2, 0) is 11.2 Å². The number of hydrogen-bond donors (Lipinski definition) is 1. The summed E-state index contributed by atoms with van der Waals surface area (Å²) in [5.74, 6) is 0.376. The zero-order chi connectivity index (χ0) is 13.3. The van der Waals surface area contributed by atoms with Crippen molar-refractivity contribution in [1.29, 1.82) is 0 Å². The summed E-state index contributed by atoms with van der Waals surface area (Å²) in [6, 6.07) is 1.89. The molecule has 0 aromatic carbocycles. The molecular formula is C13H15NO3S. The Balaban J connectivity index is 2.62. The Morgan fingerprint density at radius 2 is 2.28 bits per heavy atom. The van der Waals surface area contributed by atoms with Crippen LogP contribution in [0.15, 0.2) is 16.7 Å². The van der Waals surface area contributed by atoms with Crippen molar-refractivity contribution in [3.63, 3.8) is 0 Å². The van der Waals surface area contributed by atoms with E-state index in [0.717, 1.165) is 28.2 Å². The average molecular weight is 265 g/mol. The fourth-order valence-electron chi connectivity index (χ4n) is 1.86. The van der Waals surface area contributed by atoms with Crippen LogP contribution in [0.1, 0.15) is 27.7 Å². The lowest BCUT2D eigenvalue weighted by Crippen LogP contribution is -2.02. The highest BCUT2D eigenvalue weighted by atomic mass is 32.1. The fourth-order valence-corrected chi connectivity index (χ4v) is 3.15. The number of esters is 1. The van der Waals surface area contributed by atoms with Crippen LogP contribution in [0.3, 0.4) is 0 Å². The Hall–Kier alpha value is -1.75. The minimum absolute atomic E-state index is 0.400. The van der Waals surface area contributed by atoms with Crippen LogP contribution in [0.5, 0.6) is 0 Å². The Morgan fingerprint density at radius 1 is 1.56 bits per heavy atom. The highest BCUT2D eigenvalue weighted by Gasteiger charge is 2.23. The summed E-state index contributed by atoms with van der Waals surface area (Å²) in [5.41, 5.74) is 8.49. The number of hydrogen-bond acceptors (Lipinski definition) is 5. The summed E-state index contributed by atoms with van der Waals surface area (Å²) in [6.07, 6.45) is 2.38. The monoisotopic (exact) mass is 265 g/mol. The largest absolute Gasteiger partial charge is 0.465 e. The van der Waals surface area contributed by atoms with E-state index in [4.69, 9.17) is 14.9 Å². The number of carbonyl (C=O) groups is 1. The first-order chi connectivity index (χ1) is 8.60. The van der Waals surface area contributed by atoms with Crippen molar-refractivity contribution in [2.24, 2.45) is 0 Å². The number of nitrogens with two attached hydrogens (primary N) is 1. The number of aryl methyl sites for hydroxylation is 1. The molecule has 0 fully saturated rings. The number of furan rings is 1. The van der Waals surface area contributed by atoms with Crippen LogP contribution in [0, 0.1) is 6.92 Å². The molecule has 0 saturated carbocycles. The lowest BCUT2D eigenvalue weighted by atomic mass is 10.1. The van der Waals surface area contributed by atoms with E-state index in [0.29, 0.717) is 10.6 Å². The van der Waals surface area contributed by atoms with Crippen molar-refractivity contribution in [1.82, 2.24) is 0 Å². The molecule has 0 aliphatic carbocycles. The standard InChI is InChI=1S/C13H15NO3S/c1-4-8-9(14)12(13(15)16-3)18-11(8)10-7(2)5-6-17-10/h5-6H,4,14H2,1-3H3. The molecule has 5 heteroatoms. The Labute approximate surface area is 109 Å². The average Bonchev–Trinajstić information content (AvgIpc) is 2.91. The molecule has 96 valence electrons. The van der Waals surface area contributed by atoms with E-state index in [1.165, 1.54) is 18.4 Å². The zero-order valence-corrected chi connectivity index (χ0v) is 11.4. The van der Waals surface area contributed by atoms with Crippen molar-refractivity contribution in [3.05, 3.63) is 28.3 Å². The van der Waals surface area contributed by atoms with Gasteiger partial charge in [0.25, 0.3) is 0 Å². The van der Waals surface area contributed by atoms with E-state index in [9.17, 15) is 4.79 Å².